The molecule has 2 fully saturated rings. The van der Waals surface area contributed by atoms with Crippen molar-refractivity contribution in [1.82, 2.24) is 10.2 Å². The van der Waals surface area contributed by atoms with E-state index in [0.29, 0.717) is 6.61 Å². The van der Waals surface area contributed by atoms with Crippen LogP contribution in [-0.2, 0) is 17.9 Å². The van der Waals surface area contributed by atoms with E-state index in [0.717, 1.165) is 18.5 Å². The highest BCUT2D eigenvalue weighted by Crippen LogP contribution is 2.26. The molecule has 0 radical (unpaired) electrons. The number of piperidine rings is 1. The minimum absolute atomic E-state index is 0.709. The summed E-state index contributed by atoms with van der Waals surface area (Å²) in [6, 6.07) is 9.52. The number of benzene rings is 1. The molecule has 1 N–H and O–H groups in total. The van der Waals surface area contributed by atoms with E-state index in [-0.39, 0.29) is 0 Å². The van der Waals surface area contributed by atoms with Crippen molar-refractivity contribution >= 4 is 0 Å². The summed E-state index contributed by atoms with van der Waals surface area (Å²) in [6.45, 7) is 5.45. The smallest absolute Gasteiger partial charge is 0.0713 e. The van der Waals surface area contributed by atoms with Crippen molar-refractivity contribution < 1.29 is 4.74 Å². The van der Waals surface area contributed by atoms with Gasteiger partial charge in [-0.05, 0) is 36.4 Å². The molecule has 0 bridgehead atoms. The van der Waals surface area contributed by atoms with Crippen LogP contribution in [0.1, 0.15) is 24.0 Å². The van der Waals surface area contributed by atoms with E-state index >= 15 is 0 Å². The molecule has 0 amide bonds. The molecule has 2 atom stereocenters. The summed E-state index contributed by atoms with van der Waals surface area (Å²) in [6.07, 6.45) is 2.75. The molecule has 2 unspecified atom stereocenters. The molecule has 3 rings (SSSR count). The van der Waals surface area contributed by atoms with E-state index < -0.39 is 0 Å². The Morgan fingerprint density at radius 2 is 2.21 bits per heavy atom. The van der Waals surface area contributed by atoms with Gasteiger partial charge in [-0.3, -0.25) is 4.90 Å². The first-order chi connectivity index (χ1) is 9.35. The molecule has 1 aromatic rings. The number of methoxy groups -OCH3 is 1. The van der Waals surface area contributed by atoms with Crippen LogP contribution in [0.4, 0.5) is 0 Å². The molecule has 2 aliphatic rings. The van der Waals surface area contributed by atoms with Gasteiger partial charge in [-0.25, -0.2) is 0 Å². The van der Waals surface area contributed by atoms with E-state index in [9.17, 15) is 0 Å². The van der Waals surface area contributed by atoms with Gasteiger partial charge in [0, 0.05) is 32.8 Å². The molecule has 0 saturated carbocycles. The highest BCUT2D eigenvalue weighted by molar-refractivity contribution is 5.23. The first kappa shape index (κ1) is 13.1. The minimum Gasteiger partial charge on any atom is -0.380 e. The lowest BCUT2D eigenvalue weighted by molar-refractivity contribution is 0.184. The Morgan fingerprint density at radius 1 is 1.32 bits per heavy atom. The van der Waals surface area contributed by atoms with Crippen LogP contribution < -0.4 is 5.32 Å². The molecular formula is C16H24N2O. The Morgan fingerprint density at radius 3 is 3.05 bits per heavy atom. The number of nitrogens with one attached hydrogen (secondary N) is 1. The fourth-order valence-corrected chi connectivity index (χ4v) is 3.51. The van der Waals surface area contributed by atoms with Crippen molar-refractivity contribution in [3.8, 4) is 0 Å². The molecule has 19 heavy (non-hydrogen) atoms. The first-order valence-corrected chi connectivity index (χ1v) is 7.37. The second-order valence-corrected chi connectivity index (χ2v) is 5.91. The first-order valence-electron chi connectivity index (χ1n) is 7.37. The van der Waals surface area contributed by atoms with Gasteiger partial charge in [-0.15, -0.1) is 0 Å². The Kier molecular flexibility index (Phi) is 4.16. The van der Waals surface area contributed by atoms with Crippen LogP contribution in [0.5, 0.6) is 0 Å². The standard InChI is InChI=1S/C16H24N2O/c1-19-12-14-5-2-4-13(8-14)9-18-10-15-6-3-7-17-16(15)11-18/h2,4-5,8,15-17H,3,6-7,9-12H2,1H3. The lowest BCUT2D eigenvalue weighted by Gasteiger charge is -2.24. The van der Waals surface area contributed by atoms with Crippen LogP contribution in [0.25, 0.3) is 0 Å². The highest BCUT2D eigenvalue weighted by atomic mass is 16.5. The Bertz CT molecular complexity index is 407. The third-order valence-corrected chi connectivity index (χ3v) is 4.38. The van der Waals surface area contributed by atoms with Crippen molar-refractivity contribution in [3.63, 3.8) is 0 Å². The number of nitrogens with zero attached hydrogens (tertiary/aromatic N) is 1. The molecule has 0 aromatic heterocycles. The van der Waals surface area contributed by atoms with Crippen molar-refractivity contribution in [1.29, 1.82) is 0 Å². The topological polar surface area (TPSA) is 24.5 Å². The van der Waals surface area contributed by atoms with Gasteiger partial charge >= 0.3 is 0 Å². The SMILES string of the molecule is COCc1cccc(CN2CC3CCCNC3C2)c1. The predicted molar refractivity (Wildman–Crippen MR) is 76.9 cm³/mol. The highest BCUT2D eigenvalue weighted by Gasteiger charge is 2.33. The van der Waals surface area contributed by atoms with E-state index in [4.69, 9.17) is 4.74 Å². The van der Waals surface area contributed by atoms with Gasteiger partial charge in [0.15, 0.2) is 0 Å². The third-order valence-electron chi connectivity index (χ3n) is 4.38. The minimum atomic E-state index is 0.709. The van der Waals surface area contributed by atoms with Crippen LogP contribution in [-0.4, -0.2) is 37.7 Å². The van der Waals surface area contributed by atoms with Crippen LogP contribution in [0.2, 0.25) is 0 Å². The second-order valence-electron chi connectivity index (χ2n) is 5.91. The average molecular weight is 260 g/mol. The van der Waals surface area contributed by atoms with Crippen molar-refractivity contribution in [2.75, 3.05) is 26.7 Å². The Hall–Kier alpha value is -0.900. The molecule has 2 aliphatic heterocycles. The summed E-state index contributed by atoms with van der Waals surface area (Å²) in [5, 5.41) is 3.67. The summed E-state index contributed by atoms with van der Waals surface area (Å²) >= 11 is 0. The summed E-state index contributed by atoms with van der Waals surface area (Å²) in [7, 11) is 1.75. The van der Waals surface area contributed by atoms with Crippen LogP contribution in [0.15, 0.2) is 24.3 Å². The van der Waals surface area contributed by atoms with Gasteiger partial charge in [-0.2, -0.15) is 0 Å². The van der Waals surface area contributed by atoms with Crippen LogP contribution in [0.3, 0.4) is 0 Å². The lowest BCUT2D eigenvalue weighted by atomic mass is 9.94. The summed E-state index contributed by atoms with van der Waals surface area (Å²) in [5.41, 5.74) is 2.68. The summed E-state index contributed by atoms with van der Waals surface area (Å²) in [4.78, 5) is 2.60. The quantitative estimate of drug-likeness (QED) is 0.896. The Balaban J connectivity index is 1.60. The molecule has 1 aromatic carbocycles. The zero-order chi connectivity index (χ0) is 13.1. The Labute approximate surface area is 115 Å². The monoisotopic (exact) mass is 260 g/mol. The number of fused-ring (bicyclic) bond motifs is 1. The van der Waals surface area contributed by atoms with Crippen molar-refractivity contribution in [2.24, 2.45) is 5.92 Å². The number of likely N-dealkylation sites (tertiary alicyclic amines) is 1. The molecule has 104 valence electrons. The van der Waals surface area contributed by atoms with E-state index in [2.05, 4.69) is 34.5 Å². The van der Waals surface area contributed by atoms with Gasteiger partial charge in [0.05, 0.1) is 6.61 Å². The zero-order valence-corrected chi connectivity index (χ0v) is 11.8. The maximum Gasteiger partial charge on any atom is 0.0713 e. The van der Waals surface area contributed by atoms with Crippen LogP contribution in [0, 0.1) is 5.92 Å². The second kappa shape index (κ2) is 6.04. The lowest BCUT2D eigenvalue weighted by Crippen LogP contribution is -2.40. The molecule has 3 heteroatoms. The summed E-state index contributed by atoms with van der Waals surface area (Å²) in [5.74, 6) is 0.871. The molecular weight excluding hydrogens is 236 g/mol. The fraction of sp³-hybridized carbons (Fsp3) is 0.625. The largest absolute Gasteiger partial charge is 0.380 e. The van der Waals surface area contributed by atoms with Gasteiger partial charge in [0.2, 0.25) is 0 Å². The number of hydrogen-bond donors (Lipinski definition) is 1. The zero-order valence-electron chi connectivity index (χ0n) is 11.8. The molecule has 0 aliphatic carbocycles. The average Bonchev–Trinajstić information content (AvgIpc) is 2.81. The fourth-order valence-electron chi connectivity index (χ4n) is 3.51. The van der Waals surface area contributed by atoms with Crippen LogP contribution >= 0.6 is 0 Å². The normalized spacial score (nSPS) is 27.4. The predicted octanol–water partition coefficient (Wildman–Crippen LogP) is 2.02. The molecule has 2 heterocycles. The maximum absolute atomic E-state index is 5.21. The third kappa shape index (κ3) is 3.16. The maximum atomic E-state index is 5.21. The number of rotatable bonds is 4. The molecule has 0 spiro atoms. The summed E-state index contributed by atoms with van der Waals surface area (Å²) < 4.78 is 5.21. The van der Waals surface area contributed by atoms with Gasteiger partial charge < -0.3 is 10.1 Å². The van der Waals surface area contributed by atoms with E-state index in [1.54, 1.807) is 7.11 Å². The number of hydrogen-bond acceptors (Lipinski definition) is 3. The van der Waals surface area contributed by atoms with Crippen molar-refractivity contribution in [2.45, 2.75) is 32.0 Å². The van der Waals surface area contributed by atoms with E-state index in [1.165, 1.54) is 43.6 Å². The van der Waals surface area contributed by atoms with Gasteiger partial charge in [0.1, 0.15) is 0 Å². The molecule has 3 nitrogen and oxygen atoms in total. The molecule has 2 saturated heterocycles. The van der Waals surface area contributed by atoms with Gasteiger partial charge in [0.25, 0.3) is 0 Å². The van der Waals surface area contributed by atoms with E-state index in [1.807, 2.05) is 0 Å². The van der Waals surface area contributed by atoms with Crippen molar-refractivity contribution in [3.05, 3.63) is 35.4 Å². The van der Waals surface area contributed by atoms with Gasteiger partial charge in [-0.1, -0.05) is 24.3 Å². The number of ether oxygens (including phenoxy) is 1.